The van der Waals surface area contributed by atoms with Gasteiger partial charge in [0.15, 0.2) is 0 Å². The molecule has 0 saturated heterocycles. The molecule has 3 rings (SSSR count). The van der Waals surface area contributed by atoms with Gasteiger partial charge < -0.3 is 9.64 Å². The highest BCUT2D eigenvalue weighted by molar-refractivity contribution is 7.91. The van der Waals surface area contributed by atoms with Gasteiger partial charge in [-0.05, 0) is 38.0 Å². The molecule has 162 valence electrons. The van der Waals surface area contributed by atoms with E-state index in [9.17, 15) is 17.6 Å². The Morgan fingerprint density at radius 1 is 1.20 bits per heavy atom. The molecule has 1 aliphatic rings. The third kappa shape index (κ3) is 4.92. The van der Waals surface area contributed by atoms with Crippen LogP contribution in [-0.4, -0.2) is 27.5 Å². The van der Waals surface area contributed by atoms with Crippen LogP contribution in [0.3, 0.4) is 0 Å². The van der Waals surface area contributed by atoms with Gasteiger partial charge in [0.1, 0.15) is 18.2 Å². The predicted molar refractivity (Wildman–Crippen MR) is 116 cm³/mol. The third-order valence-electron chi connectivity index (χ3n) is 4.79. The number of fused-ring (bicyclic) bond motifs is 1. The molecule has 0 radical (unpaired) electrons. The Morgan fingerprint density at radius 3 is 2.57 bits per heavy atom. The van der Waals surface area contributed by atoms with Crippen LogP contribution < -0.4 is 14.4 Å². The number of hydrogen-bond donors (Lipinski definition) is 1. The highest BCUT2D eigenvalue weighted by Gasteiger charge is 2.38. The van der Waals surface area contributed by atoms with Crippen molar-refractivity contribution in [3.8, 4) is 5.75 Å². The summed E-state index contributed by atoms with van der Waals surface area (Å²) in [4.78, 5) is 14.7. The summed E-state index contributed by atoms with van der Waals surface area (Å²) in [6.07, 6.45) is 0. The second kappa shape index (κ2) is 8.26. The average molecular weight is 435 g/mol. The maximum absolute atomic E-state index is 13.8. The smallest absolute Gasteiger partial charge is 0.237 e. The minimum Gasteiger partial charge on any atom is -0.490 e. The highest BCUT2D eigenvalue weighted by atomic mass is 32.2. The lowest BCUT2D eigenvalue weighted by Crippen LogP contribution is -2.43. The van der Waals surface area contributed by atoms with E-state index in [-0.39, 0.29) is 24.0 Å². The van der Waals surface area contributed by atoms with Crippen LogP contribution >= 0.6 is 0 Å². The molecule has 2 aromatic rings. The lowest BCUT2D eigenvalue weighted by atomic mass is 9.92. The first-order valence-corrected chi connectivity index (χ1v) is 11.5. The zero-order valence-electron chi connectivity index (χ0n) is 17.6. The van der Waals surface area contributed by atoms with Gasteiger partial charge in [0.25, 0.3) is 0 Å². The second-order valence-corrected chi connectivity index (χ2v) is 10.3. The van der Waals surface area contributed by atoms with Gasteiger partial charge in [-0.15, -0.1) is 0 Å². The van der Waals surface area contributed by atoms with Gasteiger partial charge in [-0.25, -0.2) is 12.8 Å². The number of nitrogens with one attached hydrogen (secondary N) is 1. The maximum Gasteiger partial charge on any atom is 0.237 e. The highest BCUT2D eigenvalue weighted by Crippen LogP contribution is 2.38. The van der Waals surface area contributed by atoms with Crippen molar-refractivity contribution in [2.24, 2.45) is 11.3 Å². The molecular formula is C22H27FN2O4S. The fraction of sp³-hybridized carbons (Fsp3) is 0.409. The van der Waals surface area contributed by atoms with E-state index in [4.69, 9.17) is 4.74 Å². The first-order valence-electron chi connectivity index (χ1n) is 9.81. The molecule has 30 heavy (non-hydrogen) atoms. The zero-order valence-corrected chi connectivity index (χ0v) is 18.4. The minimum absolute atomic E-state index is 0.0390. The standard InChI is InChI=1S/C22H27FN2O4S/c1-15(2)12-25-19-10-9-17(11-20(19)29-14-22(3,4)21(25)26)24-30(27,28)13-16-7-5-6-8-18(16)23/h5-11,15,24H,12-14H2,1-4H3. The number of halogens is 1. The summed E-state index contributed by atoms with van der Waals surface area (Å²) in [7, 11) is -3.84. The molecule has 0 bridgehead atoms. The molecular weight excluding hydrogens is 407 g/mol. The van der Waals surface area contributed by atoms with Gasteiger partial charge in [-0.2, -0.15) is 0 Å². The molecule has 0 saturated carbocycles. The van der Waals surface area contributed by atoms with E-state index in [1.54, 1.807) is 29.2 Å². The lowest BCUT2D eigenvalue weighted by molar-refractivity contribution is -0.127. The van der Waals surface area contributed by atoms with E-state index in [0.717, 1.165) is 0 Å². The molecule has 2 aromatic carbocycles. The Labute approximate surface area is 177 Å². The minimum atomic E-state index is -3.84. The summed E-state index contributed by atoms with van der Waals surface area (Å²) in [6, 6.07) is 10.6. The van der Waals surface area contributed by atoms with Gasteiger partial charge in [0.05, 0.1) is 22.5 Å². The quantitative estimate of drug-likeness (QED) is 0.740. The Bertz CT molecular complexity index is 1050. The van der Waals surface area contributed by atoms with Gasteiger partial charge in [0, 0.05) is 18.2 Å². The van der Waals surface area contributed by atoms with Crippen LogP contribution in [0.4, 0.5) is 15.8 Å². The molecule has 0 atom stereocenters. The summed E-state index contributed by atoms with van der Waals surface area (Å²) >= 11 is 0. The number of nitrogens with zero attached hydrogens (tertiary/aromatic N) is 1. The van der Waals surface area contributed by atoms with Crippen LogP contribution in [0.5, 0.6) is 5.75 Å². The summed E-state index contributed by atoms with van der Waals surface area (Å²) in [5.74, 6) is -0.417. The fourth-order valence-electron chi connectivity index (χ4n) is 3.29. The number of carbonyl (C=O) groups excluding carboxylic acids is 1. The first-order chi connectivity index (χ1) is 14.0. The zero-order chi connectivity index (χ0) is 22.1. The van der Waals surface area contributed by atoms with Crippen LogP contribution in [0, 0.1) is 17.2 Å². The van der Waals surface area contributed by atoms with Crippen molar-refractivity contribution >= 4 is 27.3 Å². The molecule has 1 N–H and O–H groups in total. The number of hydrogen-bond acceptors (Lipinski definition) is 4. The number of anilines is 2. The van der Waals surface area contributed by atoms with Crippen molar-refractivity contribution in [2.75, 3.05) is 22.8 Å². The van der Waals surface area contributed by atoms with Gasteiger partial charge in [-0.1, -0.05) is 32.0 Å². The van der Waals surface area contributed by atoms with Crippen molar-refractivity contribution < 1.29 is 22.3 Å². The van der Waals surface area contributed by atoms with Crippen LogP contribution in [0.15, 0.2) is 42.5 Å². The van der Waals surface area contributed by atoms with Crippen molar-refractivity contribution in [3.05, 3.63) is 53.8 Å². The molecule has 0 unspecified atom stereocenters. The molecule has 6 nitrogen and oxygen atoms in total. The largest absolute Gasteiger partial charge is 0.490 e. The Kier molecular flexibility index (Phi) is 6.08. The lowest BCUT2D eigenvalue weighted by Gasteiger charge is -2.29. The first kappa shape index (κ1) is 22.1. The summed E-state index contributed by atoms with van der Waals surface area (Å²) in [5, 5.41) is 0. The predicted octanol–water partition coefficient (Wildman–Crippen LogP) is 4.18. The number of rotatable bonds is 6. The molecule has 0 aromatic heterocycles. The van der Waals surface area contributed by atoms with Crippen molar-refractivity contribution in [1.82, 2.24) is 0 Å². The van der Waals surface area contributed by atoms with Crippen molar-refractivity contribution in [3.63, 3.8) is 0 Å². The number of sulfonamides is 1. The van der Waals surface area contributed by atoms with Crippen molar-refractivity contribution in [2.45, 2.75) is 33.4 Å². The Balaban J connectivity index is 1.89. The van der Waals surface area contributed by atoms with E-state index in [1.165, 1.54) is 18.2 Å². The van der Waals surface area contributed by atoms with Crippen LogP contribution in [0.2, 0.25) is 0 Å². The number of ether oxygens (including phenoxy) is 1. The Morgan fingerprint density at radius 2 is 1.90 bits per heavy atom. The molecule has 0 spiro atoms. The van der Waals surface area contributed by atoms with E-state index in [0.29, 0.717) is 23.7 Å². The maximum atomic E-state index is 13.8. The van der Waals surface area contributed by atoms with Crippen LogP contribution in [0.1, 0.15) is 33.3 Å². The molecule has 1 heterocycles. The molecule has 0 fully saturated rings. The van der Waals surface area contributed by atoms with Gasteiger partial charge in [-0.3, -0.25) is 9.52 Å². The van der Waals surface area contributed by atoms with Crippen molar-refractivity contribution in [1.29, 1.82) is 0 Å². The van der Waals surface area contributed by atoms with Crippen LogP contribution in [-0.2, 0) is 20.6 Å². The van der Waals surface area contributed by atoms with E-state index in [1.807, 2.05) is 27.7 Å². The molecule has 1 aliphatic heterocycles. The molecule has 0 aliphatic carbocycles. The fourth-order valence-corrected chi connectivity index (χ4v) is 4.49. The summed E-state index contributed by atoms with van der Waals surface area (Å²) in [5.41, 5.74) is 0.280. The number of carbonyl (C=O) groups is 1. The summed E-state index contributed by atoms with van der Waals surface area (Å²) < 4.78 is 47.3. The van der Waals surface area contributed by atoms with E-state index < -0.39 is 27.0 Å². The monoisotopic (exact) mass is 434 g/mol. The van der Waals surface area contributed by atoms with Crippen LogP contribution in [0.25, 0.3) is 0 Å². The number of amides is 1. The summed E-state index contributed by atoms with van der Waals surface area (Å²) in [6.45, 7) is 8.41. The third-order valence-corrected chi connectivity index (χ3v) is 6.03. The average Bonchev–Trinajstić information content (AvgIpc) is 2.73. The normalized spacial score (nSPS) is 16.1. The second-order valence-electron chi connectivity index (χ2n) is 8.62. The van der Waals surface area contributed by atoms with Gasteiger partial charge >= 0.3 is 0 Å². The SMILES string of the molecule is CC(C)CN1C(=O)C(C)(C)COc2cc(NS(=O)(=O)Cc3ccccc3F)ccc21. The van der Waals surface area contributed by atoms with E-state index in [2.05, 4.69) is 4.72 Å². The topological polar surface area (TPSA) is 75.7 Å². The Hall–Kier alpha value is -2.61. The number of benzene rings is 2. The molecule has 1 amide bonds. The molecule has 8 heteroatoms. The van der Waals surface area contributed by atoms with Gasteiger partial charge in [0.2, 0.25) is 15.9 Å². The van der Waals surface area contributed by atoms with E-state index >= 15 is 0 Å².